The number of ether oxygens (including phenoxy) is 1. The van der Waals surface area contributed by atoms with Crippen LogP contribution in [0.5, 0.6) is 5.75 Å². The lowest BCUT2D eigenvalue weighted by Gasteiger charge is -2.14. The van der Waals surface area contributed by atoms with Gasteiger partial charge in [0.25, 0.3) is 0 Å². The summed E-state index contributed by atoms with van der Waals surface area (Å²) in [7, 11) is 1.67. The van der Waals surface area contributed by atoms with E-state index in [1.54, 1.807) is 7.11 Å². The maximum Gasteiger partial charge on any atom is 0.118 e. The van der Waals surface area contributed by atoms with Crippen molar-refractivity contribution in [3.05, 3.63) is 29.8 Å². The molecule has 0 heterocycles. The molecule has 14 heavy (non-hydrogen) atoms. The Bertz CT molecular complexity index is 304. The van der Waals surface area contributed by atoms with Gasteiger partial charge in [-0.2, -0.15) is 0 Å². The van der Waals surface area contributed by atoms with Crippen molar-refractivity contribution >= 4 is 0 Å². The second kappa shape index (κ2) is 3.59. The van der Waals surface area contributed by atoms with Crippen LogP contribution in [-0.2, 0) is 10.3 Å². The molecule has 1 fully saturated rings. The molecule has 3 heteroatoms. The highest BCUT2D eigenvalue weighted by atomic mass is 16.6. The number of methoxy groups -OCH3 is 1. The highest BCUT2D eigenvalue weighted by Gasteiger charge is 2.44. The first kappa shape index (κ1) is 9.49. The zero-order chi connectivity index (χ0) is 10.0. The van der Waals surface area contributed by atoms with E-state index in [9.17, 15) is 0 Å². The molecule has 0 aromatic heterocycles. The van der Waals surface area contributed by atoms with E-state index >= 15 is 0 Å². The minimum Gasteiger partial charge on any atom is -0.497 e. The zero-order valence-electron chi connectivity index (χ0n) is 8.32. The lowest BCUT2D eigenvalue weighted by Crippen LogP contribution is -2.17. The normalized spacial score (nSPS) is 17.9. The summed E-state index contributed by atoms with van der Waals surface area (Å²) in [4.78, 5) is 4.75. The van der Waals surface area contributed by atoms with E-state index in [0.717, 1.165) is 18.6 Å². The lowest BCUT2D eigenvalue weighted by atomic mass is 9.97. The molecule has 2 N–H and O–H groups in total. The van der Waals surface area contributed by atoms with Gasteiger partial charge in [0.15, 0.2) is 0 Å². The molecule has 76 valence electrons. The molecule has 0 saturated heterocycles. The molecule has 2 rings (SSSR count). The molecule has 1 aliphatic carbocycles. The first-order valence-electron chi connectivity index (χ1n) is 4.77. The van der Waals surface area contributed by atoms with Gasteiger partial charge in [-0.25, -0.2) is 5.90 Å². The summed E-state index contributed by atoms with van der Waals surface area (Å²) in [5, 5.41) is 0. The van der Waals surface area contributed by atoms with Crippen molar-refractivity contribution < 1.29 is 9.57 Å². The number of hydrogen-bond donors (Lipinski definition) is 1. The van der Waals surface area contributed by atoms with Crippen LogP contribution in [0.25, 0.3) is 0 Å². The van der Waals surface area contributed by atoms with Crippen molar-refractivity contribution in [2.75, 3.05) is 13.7 Å². The summed E-state index contributed by atoms with van der Waals surface area (Å²) in [6.45, 7) is 0.610. The molecule has 0 unspecified atom stereocenters. The minimum atomic E-state index is 0.182. The van der Waals surface area contributed by atoms with Crippen LogP contribution < -0.4 is 10.6 Å². The van der Waals surface area contributed by atoms with Crippen LogP contribution in [0.15, 0.2) is 24.3 Å². The van der Waals surface area contributed by atoms with Gasteiger partial charge in [-0.05, 0) is 30.5 Å². The highest BCUT2D eigenvalue weighted by Crippen LogP contribution is 2.48. The fourth-order valence-corrected chi connectivity index (χ4v) is 1.77. The number of nitrogens with two attached hydrogens (primary N) is 1. The Hall–Kier alpha value is -1.06. The first-order chi connectivity index (χ1) is 6.80. The smallest absolute Gasteiger partial charge is 0.118 e. The molecule has 1 saturated carbocycles. The molecule has 1 aromatic carbocycles. The van der Waals surface area contributed by atoms with E-state index in [4.69, 9.17) is 15.5 Å². The minimum absolute atomic E-state index is 0.182. The second-order valence-electron chi connectivity index (χ2n) is 3.82. The maximum atomic E-state index is 5.12. The van der Waals surface area contributed by atoms with Crippen LogP contribution >= 0.6 is 0 Å². The van der Waals surface area contributed by atoms with Gasteiger partial charge in [0.2, 0.25) is 0 Å². The summed E-state index contributed by atoms with van der Waals surface area (Å²) >= 11 is 0. The van der Waals surface area contributed by atoms with Gasteiger partial charge < -0.3 is 9.57 Å². The largest absolute Gasteiger partial charge is 0.497 e. The predicted molar refractivity (Wildman–Crippen MR) is 54.0 cm³/mol. The summed E-state index contributed by atoms with van der Waals surface area (Å²) in [6.07, 6.45) is 2.33. The topological polar surface area (TPSA) is 44.5 Å². The third-order valence-electron chi connectivity index (χ3n) is 2.92. The Morgan fingerprint density at radius 2 is 1.93 bits per heavy atom. The van der Waals surface area contributed by atoms with Crippen LogP contribution in [0, 0.1) is 0 Å². The SMILES string of the molecule is COc1ccc(C2(CON)CC2)cc1. The first-order valence-corrected chi connectivity index (χ1v) is 4.77. The monoisotopic (exact) mass is 193 g/mol. The molecule has 0 aliphatic heterocycles. The third kappa shape index (κ3) is 1.61. The van der Waals surface area contributed by atoms with E-state index in [0.29, 0.717) is 6.61 Å². The van der Waals surface area contributed by atoms with E-state index in [1.807, 2.05) is 12.1 Å². The molecule has 3 nitrogen and oxygen atoms in total. The highest BCUT2D eigenvalue weighted by molar-refractivity contribution is 5.36. The van der Waals surface area contributed by atoms with Crippen LogP contribution in [0.2, 0.25) is 0 Å². The van der Waals surface area contributed by atoms with Crippen LogP contribution in [0.3, 0.4) is 0 Å². The average molecular weight is 193 g/mol. The number of benzene rings is 1. The Morgan fingerprint density at radius 3 is 2.36 bits per heavy atom. The number of hydrogen-bond acceptors (Lipinski definition) is 3. The van der Waals surface area contributed by atoms with Gasteiger partial charge in [-0.3, -0.25) is 0 Å². The Labute approximate surface area is 83.8 Å². The van der Waals surface area contributed by atoms with Crippen LogP contribution in [0.1, 0.15) is 18.4 Å². The maximum absolute atomic E-state index is 5.12. The van der Waals surface area contributed by atoms with Crippen molar-refractivity contribution in [1.82, 2.24) is 0 Å². The van der Waals surface area contributed by atoms with Gasteiger partial charge in [-0.1, -0.05) is 12.1 Å². The predicted octanol–water partition coefficient (Wildman–Crippen LogP) is 1.62. The summed E-state index contributed by atoms with van der Waals surface area (Å²) in [6, 6.07) is 8.13. The van der Waals surface area contributed by atoms with Crippen LogP contribution in [0.4, 0.5) is 0 Å². The molecule has 0 spiro atoms. The molecule has 0 atom stereocenters. The van der Waals surface area contributed by atoms with Crippen molar-refractivity contribution in [1.29, 1.82) is 0 Å². The molecular weight excluding hydrogens is 178 g/mol. The number of rotatable bonds is 4. The van der Waals surface area contributed by atoms with E-state index in [-0.39, 0.29) is 5.41 Å². The molecule has 0 bridgehead atoms. The Morgan fingerprint density at radius 1 is 1.29 bits per heavy atom. The molecule has 1 aliphatic rings. The molecular formula is C11H15NO2. The second-order valence-corrected chi connectivity index (χ2v) is 3.82. The van der Waals surface area contributed by atoms with E-state index < -0.39 is 0 Å². The average Bonchev–Trinajstić information content (AvgIpc) is 3.00. The fraction of sp³-hybridized carbons (Fsp3) is 0.455. The van der Waals surface area contributed by atoms with Gasteiger partial charge in [0.1, 0.15) is 5.75 Å². The van der Waals surface area contributed by atoms with Crippen LogP contribution in [-0.4, -0.2) is 13.7 Å². The van der Waals surface area contributed by atoms with Gasteiger partial charge in [-0.15, -0.1) is 0 Å². The van der Waals surface area contributed by atoms with Crippen molar-refractivity contribution in [2.45, 2.75) is 18.3 Å². The van der Waals surface area contributed by atoms with E-state index in [1.165, 1.54) is 5.56 Å². The summed E-state index contributed by atoms with van der Waals surface area (Å²) < 4.78 is 5.11. The van der Waals surface area contributed by atoms with E-state index in [2.05, 4.69) is 12.1 Å². The lowest BCUT2D eigenvalue weighted by molar-refractivity contribution is 0.116. The van der Waals surface area contributed by atoms with Crippen molar-refractivity contribution in [3.63, 3.8) is 0 Å². The molecule has 0 amide bonds. The summed E-state index contributed by atoms with van der Waals surface area (Å²) in [5.41, 5.74) is 1.48. The van der Waals surface area contributed by atoms with Crippen molar-refractivity contribution in [3.8, 4) is 5.75 Å². The summed E-state index contributed by atoms with van der Waals surface area (Å²) in [5.74, 6) is 6.01. The molecule has 0 radical (unpaired) electrons. The standard InChI is InChI=1S/C11H15NO2/c1-13-10-4-2-9(3-5-10)11(6-7-11)8-14-12/h2-5H,6-8,12H2,1H3. The Kier molecular flexibility index (Phi) is 2.44. The third-order valence-corrected chi connectivity index (χ3v) is 2.92. The van der Waals surface area contributed by atoms with Gasteiger partial charge in [0, 0.05) is 5.41 Å². The van der Waals surface area contributed by atoms with Crippen molar-refractivity contribution in [2.24, 2.45) is 5.90 Å². The molecule has 1 aromatic rings. The van der Waals surface area contributed by atoms with Gasteiger partial charge in [0.05, 0.1) is 13.7 Å². The zero-order valence-corrected chi connectivity index (χ0v) is 8.32. The van der Waals surface area contributed by atoms with Gasteiger partial charge >= 0.3 is 0 Å². The fourth-order valence-electron chi connectivity index (χ4n) is 1.77. The quantitative estimate of drug-likeness (QED) is 0.739. The Balaban J connectivity index is 2.16.